The zero-order valence-electron chi connectivity index (χ0n) is 18.5. The molecule has 0 bridgehead atoms. The third-order valence-electron chi connectivity index (χ3n) is 6.35. The zero-order chi connectivity index (χ0) is 22.6. The fourth-order valence-corrected chi connectivity index (χ4v) is 4.59. The Labute approximate surface area is 181 Å². The Kier molecular flexibility index (Phi) is 5.03. The maximum absolute atomic E-state index is 13.2. The van der Waals surface area contributed by atoms with Crippen LogP contribution < -0.4 is 10.4 Å². The molecule has 0 radical (unpaired) electrons. The highest BCUT2D eigenvalue weighted by molar-refractivity contribution is 5.99. The van der Waals surface area contributed by atoms with E-state index in [4.69, 9.17) is 0 Å². The minimum absolute atomic E-state index is 0.0913. The minimum atomic E-state index is -0.823. The lowest BCUT2D eigenvalue weighted by molar-refractivity contribution is 0.0650. The molecule has 0 unspecified atom stereocenters. The molecule has 1 fully saturated rings. The summed E-state index contributed by atoms with van der Waals surface area (Å²) in [6, 6.07) is 6.00. The standard InChI is InChI=1S/C23H28N4O4/c1-13-6-7-16(15(3)8-13)11-24(4)22(30)17-12-27-19(21(29)20(17)28)23(31)25(5)18-9-14(2)10-26(18)27/h6-8,12,14,18,29H,9-11H2,1-5H3/t14-,18-/m0/s1. The highest BCUT2D eigenvalue weighted by Crippen LogP contribution is 2.31. The second-order valence-corrected chi connectivity index (χ2v) is 8.86. The van der Waals surface area contributed by atoms with Gasteiger partial charge in [-0.1, -0.05) is 30.7 Å². The number of carbonyl (C=O) groups excluding carboxylic acids is 2. The smallest absolute Gasteiger partial charge is 0.277 e. The van der Waals surface area contributed by atoms with Gasteiger partial charge in [-0.2, -0.15) is 0 Å². The third kappa shape index (κ3) is 3.36. The van der Waals surface area contributed by atoms with E-state index >= 15 is 0 Å². The van der Waals surface area contributed by atoms with Crippen LogP contribution in [0.2, 0.25) is 0 Å². The van der Waals surface area contributed by atoms with E-state index < -0.39 is 23.0 Å². The van der Waals surface area contributed by atoms with Gasteiger partial charge >= 0.3 is 0 Å². The van der Waals surface area contributed by atoms with Crippen LogP contribution in [0, 0.1) is 19.8 Å². The van der Waals surface area contributed by atoms with Crippen molar-refractivity contribution in [2.24, 2.45) is 5.92 Å². The number of aryl methyl sites for hydroxylation is 2. The molecule has 2 amide bonds. The summed E-state index contributed by atoms with van der Waals surface area (Å²) in [5.74, 6) is -1.27. The molecule has 0 saturated carbocycles. The van der Waals surface area contributed by atoms with E-state index in [1.54, 1.807) is 19.0 Å². The first-order chi connectivity index (χ1) is 14.6. The molecule has 2 aliphatic heterocycles. The summed E-state index contributed by atoms with van der Waals surface area (Å²) in [4.78, 5) is 41.9. The lowest BCUT2D eigenvalue weighted by Crippen LogP contribution is -2.57. The maximum Gasteiger partial charge on any atom is 0.277 e. The molecular weight excluding hydrogens is 396 g/mol. The normalized spacial score (nSPS) is 20.0. The Morgan fingerprint density at radius 1 is 1.26 bits per heavy atom. The van der Waals surface area contributed by atoms with Crippen LogP contribution in [0.15, 0.2) is 29.2 Å². The van der Waals surface area contributed by atoms with Crippen molar-refractivity contribution in [2.75, 3.05) is 25.6 Å². The van der Waals surface area contributed by atoms with Crippen LogP contribution >= 0.6 is 0 Å². The average molecular weight is 425 g/mol. The van der Waals surface area contributed by atoms with Crippen LogP contribution in [0.5, 0.6) is 5.75 Å². The molecule has 3 heterocycles. The molecule has 164 valence electrons. The summed E-state index contributed by atoms with van der Waals surface area (Å²) in [6.45, 7) is 7.06. The fraction of sp³-hybridized carbons (Fsp3) is 0.435. The zero-order valence-corrected chi connectivity index (χ0v) is 18.5. The second-order valence-electron chi connectivity index (χ2n) is 8.86. The molecule has 31 heavy (non-hydrogen) atoms. The van der Waals surface area contributed by atoms with Crippen molar-refractivity contribution in [2.45, 2.75) is 39.9 Å². The van der Waals surface area contributed by atoms with Gasteiger partial charge in [-0.3, -0.25) is 24.1 Å². The largest absolute Gasteiger partial charge is 0.502 e. The van der Waals surface area contributed by atoms with Crippen molar-refractivity contribution in [1.82, 2.24) is 14.5 Å². The molecule has 2 aromatic rings. The van der Waals surface area contributed by atoms with Gasteiger partial charge in [-0.25, -0.2) is 0 Å². The van der Waals surface area contributed by atoms with E-state index in [9.17, 15) is 19.5 Å². The van der Waals surface area contributed by atoms with E-state index in [0.29, 0.717) is 19.0 Å². The number of hydrogen-bond donors (Lipinski definition) is 1. The molecule has 1 aromatic carbocycles. The maximum atomic E-state index is 13.2. The summed E-state index contributed by atoms with van der Waals surface area (Å²) in [5, 5.41) is 12.5. The van der Waals surface area contributed by atoms with Gasteiger partial charge in [-0.15, -0.1) is 0 Å². The number of carbonyl (C=O) groups is 2. The third-order valence-corrected chi connectivity index (χ3v) is 6.35. The summed E-state index contributed by atoms with van der Waals surface area (Å²) < 4.78 is 1.51. The van der Waals surface area contributed by atoms with Crippen LogP contribution in [0.4, 0.5) is 0 Å². The Morgan fingerprint density at radius 3 is 2.65 bits per heavy atom. The molecule has 2 aliphatic rings. The number of pyridine rings is 1. The number of nitrogens with zero attached hydrogens (tertiary/aromatic N) is 4. The van der Waals surface area contributed by atoms with Crippen molar-refractivity contribution >= 4 is 11.8 Å². The number of hydrogen-bond acceptors (Lipinski definition) is 5. The van der Waals surface area contributed by atoms with Crippen molar-refractivity contribution in [3.05, 3.63) is 62.6 Å². The summed E-state index contributed by atoms with van der Waals surface area (Å²) in [7, 11) is 3.30. The van der Waals surface area contributed by atoms with E-state index in [2.05, 4.69) is 6.92 Å². The van der Waals surface area contributed by atoms with Gasteiger partial charge in [0, 0.05) is 33.4 Å². The number of aromatic hydroxyl groups is 1. The highest BCUT2D eigenvalue weighted by atomic mass is 16.3. The Bertz CT molecular complexity index is 1140. The Hall–Kier alpha value is -3.29. The Morgan fingerprint density at radius 2 is 1.97 bits per heavy atom. The number of amides is 2. The molecule has 8 nitrogen and oxygen atoms in total. The van der Waals surface area contributed by atoms with E-state index in [-0.39, 0.29) is 17.4 Å². The summed E-state index contributed by atoms with van der Waals surface area (Å²) in [5.41, 5.74) is 2.12. The van der Waals surface area contributed by atoms with Gasteiger partial charge in [0.05, 0.1) is 0 Å². The highest BCUT2D eigenvalue weighted by Gasteiger charge is 2.43. The first-order valence-electron chi connectivity index (χ1n) is 10.4. The fourth-order valence-electron chi connectivity index (χ4n) is 4.59. The van der Waals surface area contributed by atoms with Gasteiger partial charge in [0.1, 0.15) is 11.7 Å². The van der Waals surface area contributed by atoms with Crippen LogP contribution in [0.3, 0.4) is 0 Å². The van der Waals surface area contributed by atoms with Crippen molar-refractivity contribution in [1.29, 1.82) is 0 Å². The van der Waals surface area contributed by atoms with Crippen LogP contribution in [0.1, 0.15) is 50.9 Å². The molecule has 1 N–H and O–H groups in total. The first kappa shape index (κ1) is 21.0. The number of aromatic nitrogens is 1. The van der Waals surface area contributed by atoms with Gasteiger partial charge in [-0.05, 0) is 37.3 Å². The van der Waals surface area contributed by atoms with Crippen molar-refractivity contribution in [3.8, 4) is 5.75 Å². The van der Waals surface area contributed by atoms with Crippen LogP contribution in [-0.4, -0.2) is 58.2 Å². The predicted octanol–water partition coefficient (Wildman–Crippen LogP) is 1.83. The van der Waals surface area contributed by atoms with E-state index in [0.717, 1.165) is 23.1 Å². The monoisotopic (exact) mass is 424 g/mol. The summed E-state index contributed by atoms with van der Waals surface area (Å²) >= 11 is 0. The second kappa shape index (κ2) is 7.44. The number of fused-ring (bicyclic) bond motifs is 3. The van der Waals surface area contributed by atoms with Crippen LogP contribution in [0.25, 0.3) is 0 Å². The number of benzene rings is 1. The average Bonchev–Trinajstić information content (AvgIpc) is 3.11. The first-order valence-corrected chi connectivity index (χ1v) is 10.4. The lowest BCUT2D eigenvalue weighted by atomic mass is 10.1. The van der Waals surface area contributed by atoms with E-state index in [1.807, 2.05) is 37.1 Å². The summed E-state index contributed by atoms with van der Waals surface area (Å²) in [6.07, 6.45) is 2.02. The SMILES string of the molecule is Cc1ccc(CN(C)C(=O)c2cn3c(c(O)c2=O)C(=O)N(C)[C@@H]2C[C@H](C)CN23)c(C)c1. The molecular formula is C23H28N4O4. The van der Waals surface area contributed by atoms with Gasteiger partial charge in [0.2, 0.25) is 5.43 Å². The topological polar surface area (TPSA) is 86.1 Å². The van der Waals surface area contributed by atoms with E-state index in [1.165, 1.54) is 15.8 Å². The molecule has 1 saturated heterocycles. The molecule has 0 aliphatic carbocycles. The quantitative estimate of drug-likeness (QED) is 0.813. The van der Waals surface area contributed by atoms with Crippen molar-refractivity contribution < 1.29 is 14.7 Å². The van der Waals surface area contributed by atoms with Gasteiger partial charge < -0.3 is 14.9 Å². The molecule has 0 spiro atoms. The lowest BCUT2D eigenvalue weighted by Gasteiger charge is -2.41. The van der Waals surface area contributed by atoms with Gasteiger partial charge in [0.25, 0.3) is 11.8 Å². The van der Waals surface area contributed by atoms with Gasteiger partial charge in [0.15, 0.2) is 11.4 Å². The van der Waals surface area contributed by atoms with Crippen molar-refractivity contribution in [3.63, 3.8) is 0 Å². The molecule has 2 atom stereocenters. The molecule has 4 rings (SSSR count). The Balaban J connectivity index is 1.73. The predicted molar refractivity (Wildman–Crippen MR) is 117 cm³/mol. The number of rotatable bonds is 3. The van der Waals surface area contributed by atoms with Crippen LogP contribution in [-0.2, 0) is 6.54 Å². The molecule has 1 aromatic heterocycles. The molecule has 8 heteroatoms. The minimum Gasteiger partial charge on any atom is -0.502 e.